The standard InChI is InChI=1S/C14H11FN2O3/c15-9-6-7-12(11(8-9)13(18)19)17-14(20)16-10-4-2-1-3-5-10/h1-8H,(H,18,19)(H2,16,17,20). The zero-order valence-electron chi connectivity index (χ0n) is 10.3. The fourth-order valence-electron chi connectivity index (χ4n) is 1.61. The van der Waals surface area contributed by atoms with Crippen molar-refractivity contribution >= 4 is 23.4 Å². The summed E-state index contributed by atoms with van der Waals surface area (Å²) in [6, 6.07) is 11.2. The molecule has 0 aliphatic heterocycles. The second-order valence-electron chi connectivity index (χ2n) is 3.94. The Balaban J connectivity index is 2.14. The Kier molecular flexibility index (Phi) is 3.95. The molecule has 2 amide bonds. The highest BCUT2D eigenvalue weighted by atomic mass is 19.1. The maximum atomic E-state index is 13.0. The number of aromatic carboxylic acids is 1. The molecule has 0 unspecified atom stereocenters. The molecule has 102 valence electrons. The zero-order chi connectivity index (χ0) is 14.5. The van der Waals surface area contributed by atoms with Crippen molar-refractivity contribution in [1.82, 2.24) is 0 Å². The van der Waals surface area contributed by atoms with E-state index >= 15 is 0 Å². The molecule has 0 atom stereocenters. The lowest BCUT2D eigenvalue weighted by molar-refractivity contribution is 0.0697. The van der Waals surface area contributed by atoms with Crippen LogP contribution in [-0.4, -0.2) is 17.1 Å². The number of nitrogens with one attached hydrogen (secondary N) is 2. The minimum atomic E-state index is -1.32. The van der Waals surface area contributed by atoms with Gasteiger partial charge in [0.15, 0.2) is 0 Å². The van der Waals surface area contributed by atoms with Crippen LogP contribution in [0.4, 0.5) is 20.6 Å². The van der Waals surface area contributed by atoms with Gasteiger partial charge in [0.05, 0.1) is 11.3 Å². The molecular weight excluding hydrogens is 263 g/mol. The van der Waals surface area contributed by atoms with Gasteiger partial charge in [-0.05, 0) is 30.3 Å². The predicted octanol–water partition coefficient (Wildman–Crippen LogP) is 3.17. The van der Waals surface area contributed by atoms with Crippen LogP contribution in [0.2, 0.25) is 0 Å². The number of halogens is 1. The Labute approximate surface area is 114 Å². The highest BCUT2D eigenvalue weighted by Gasteiger charge is 2.13. The van der Waals surface area contributed by atoms with Gasteiger partial charge in [-0.25, -0.2) is 14.0 Å². The number of carbonyl (C=O) groups is 2. The van der Waals surface area contributed by atoms with E-state index in [1.54, 1.807) is 30.3 Å². The third-order valence-electron chi connectivity index (χ3n) is 2.49. The second-order valence-corrected chi connectivity index (χ2v) is 3.94. The lowest BCUT2D eigenvalue weighted by Crippen LogP contribution is -2.21. The number of carboxylic acid groups (broad SMARTS) is 1. The van der Waals surface area contributed by atoms with Crippen molar-refractivity contribution < 1.29 is 19.1 Å². The first-order valence-corrected chi connectivity index (χ1v) is 5.72. The fourth-order valence-corrected chi connectivity index (χ4v) is 1.61. The van der Waals surface area contributed by atoms with Gasteiger partial charge in [0, 0.05) is 5.69 Å². The van der Waals surface area contributed by atoms with Crippen LogP contribution in [0.1, 0.15) is 10.4 Å². The number of hydrogen-bond donors (Lipinski definition) is 3. The van der Waals surface area contributed by atoms with Crippen molar-refractivity contribution in [2.45, 2.75) is 0 Å². The lowest BCUT2D eigenvalue weighted by Gasteiger charge is -2.10. The molecular formula is C14H11FN2O3. The average molecular weight is 274 g/mol. The highest BCUT2D eigenvalue weighted by molar-refractivity contribution is 6.04. The molecule has 0 heterocycles. The minimum Gasteiger partial charge on any atom is -0.478 e. The van der Waals surface area contributed by atoms with Crippen LogP contribution in [0.15, 0.2) is 48.5 Å². The SMILES string of the molecule is O=C(Nc1ccccc1)Nc1ccc(F)cc1C(=O)O. The van der Waals surface area contributed by atoms with Gasteiger partial charge in [-0.15, -0.1) is 0 Å². The maximum Gasteiger partial charge on any atom is 0.337 e. The predicted molar refractivity (Wildman–Crippen MR) is 72.4 cm³/mol. The molecule has 0 aromatic heterocycles. The molecule has 0 saturated carbocycles. The van der Waals surface area contributed by atoms with Crippen LogP contribution >= 0.6 is 0 Å². The monoisotopic (exact) mass is 274 g/mol. The Morgan fingerprint density at radius 2 is 1.70 bits per heavy atom. The van der Waals surface area contributed by atoms with Crippen molar-refractivity contribution in [3.63, 3.8) is 0 Å². The summed E-state index contributed by atoms with van der Waals surface area (Å²) in [7, 11) is 0. The molecule has 0 fully saturated rings. The van der Waals surface area contributed by atoms with E-state index in [0.717, 1.165) is 12.1 Å². The van der Waals surface area contributed by atoms with E-state index in [1.807, 2.05) is 0 Å². The normalized spacial score (nSPS) is 9.85. The Hall–Kier alpha value is -2.89. The first-order chi connectivity index (χ1) is 9.56. The van der Waals surface area contributed by atoms with E-state index in [9.17, 15) is 14.0 Å². The molecule has 2 aromatic rings. The molecule has 20 heavy (non-hydrogen) atoms. The van der Waals surface area contributed by atoms with Gasteiger partial charge in [0.25, 0.3) is 0 Å². The summed E-state index contributed by atoms with van der Waals surface area (Å²) in [5.74, 6) is -2.00. The Bertz CT molecular complexity index is 644. The summed E-state index contributed by atoms with van der Waals surface area (Å²) in [4.78, 5) is 22.7. The summed E-state index contributed by atoms with van der Waals surface area (Å²) in [5.41, 5.74) is 0.268. The van der Waals surface area contributed by atoms with Crippen LogP contribution in [0, 0.1) is 5.82 Å². The number of hydrogen-bond acceptors (Lipinski definition) is 2. The smallest absolute Gasteiger partial charge is 0.337 e. The molecule has 0 spiro atoms. The number of carbonyl (C=O) groups excluding carboxylic acids is 1. The first-order valence-electron chi connectivity index (χ1n) is 5.72. The molecule has 0 saturated heterocycles. The van der Waals surface area contributed by atoms with Gasteiger partial charge in [0.1, 0.15) is 5.82 Å². The molecule has 0 aliphatic carbocycles. The molecule has 2 rings (SSSR count). The summed E-state index contributed by atoms with van der Waals surface area (Å²) < 4.78 is 13.0. The van der Waals surface area contributed by atoms with Crippen LogP contribution in [0.5, 0.6) is 0 Å². The first kappa shape index (κ1) is 13.5. The van der Waals surface area contributed by atoms with Crippen molar-refractivity contribution in [3.05, 3.63) is 59.9 Å². The Morgan fingerprint density at radius 3 is 2.35 bits per heavy atom. The molecule has 0 radical (unpaired) electrons. The molecule has 6 heteroatoms. The fraction of sp³-hybridized carbons (Fsp3) is 0. The second kappa shape index (κ2) is 5.83. The van der Waals surface area contributed by atoms with E-state index in [4.69, 9.17) is 5.11 Å². The van der Waals surface area contributed by atoms with E-state index in [1.165, 1.54) is 6.07 Å². The number of para-hydroxylation sites is 1. The lowest BCUT2D eigenvalue weighted by atomic mass is 10.2. The molecule has 2 aromatic carbocycles. The minimum absolute atomic E-state index is 0.0207. The zero-order valence-corrected chi connectivity index (χ0v) is 10.3. The van der Waals surface area contributed by atoms with Crippen molar-refractivity contribution in [2.75, 3.05) is 10.6 Å². The van der Waals surface area contributed by atoms with E-state index in [0.29, 0.717) is 5.69 Å². The number of rotatable bonds is 3. The van der Waals surface area contributed by atoms with E-state index < -0.39 is 17.8 Å². The summed E-state index contributed by atoms with van der Waals surface area (Å²) in [6.45, 7) is 0. The third-order valence-corrected chi connectivity index (χ3v) is 2.49. The van der Waals surface area contributed by atoms with Crippen molar-refractivity contribution in [1.29, 1.82) is 0 Å². The summed E-state index contributed by atoms with van der Waals surface area (Å²) >= 11 is 0. The summed E-state index contributed by atoms with van der Waals surface area (Å²) in [5, 5.41) is 13.9. The van der Waals surface area contributed by atoms with Crippen LogP contribution in [-0.2, 0) is 0 Å². The summed E-state index contributed by atoms with van der Waals surface area (Å²) in [6.07, 6.45) is 0. The van der Waals surface area contributed by atoms with Gasteiger partial charge in [-0.1, -0.05) is 18.2 Å². The molecule has 0 aliphatic rings. The van der Waals surface area contributed by atoms with E-state index in [2.05, 4.69) is 10.6 Å². The van der Waals surface area contributed by atoms with Gasteiger partial charge in [0.2, 0.25) is 0 Å². The number of benzene rings is 2. The van der Waals surface area contributed by atoms with E-state index in [-0.39, 0.29) is 11.3 Å². The van der Waals surface area contributed by atoms with Crippen molar-refractivity contribution in [2.24, 2.45) is 0 Å². The van der Waals surface area contributed by atoms with Gasteiger partial charge < -0.3 is 15.7 Å². The van der Waals surface area contributed by atoms with Gasteiger partial charge in [-0.3, -0.25) is 0 Å². The molecule has 5 nitrogen and oxygen atoms in total. The Morgan fingerprint density at radius 1 is 1.00 bits per heavy atom. The molecule has 0 bridgehead atoms. The van der Waals surface area contributed by atoms with Gasteiger partial charge in [-0.2, -0.15) is 0 Å². The highest BCUT2D eigenvalue weighted by Crippen LogP contribution is 2.17. The van der Waals surface area contributed by atoms with Crippen LogP contribution < -0.4 is 10.6 Å². The number of urea groups is 1. The maximum absolute atomic E-state index is 13.0. The molecule has 3 N–H and O–H groups in total. The van der Waals surface area contributed by atoms with Crippen LogP contribution in [0.25, 0.3) is 0 Å². The third kappa shape index (κ3) is 3.32. The topological polar surface area (TPSA) is 78.4 Å². The number of anilines is 2. The largest absolute Gasteiger partial charge is 0.478 e. The quantitative estimate of drug-likeness (QED) is 0.804. The van der Waals surface area contributed by atoms with Crippen LogP contribution in [0.3, 0.4) is 0 Å². The van der Waals surface area contributed by atoms with Crippen molar-refractivity contribution in [3.8, 4) is 0 Å². The van der Waals surface area contributed by atoms with Gasteiger partial charge >= 0.3 is 12.0 Å². The average Bonchev–Trinajstić information content (AvgIpc) is 2.41. The number of amides is 2. The number of carboxylic acids is 1.